The monoisotopic (exact) mass is 1030 g/mol. The molecule has 0 saturated carbocycles. The molecule has 0 aromatic heterocycles. The third-order valence-corrected chi connectivity index (χ3v) is 9.93. The number of nitrogens with two attached hydrogens (primary N) is 2. The Morgan fingerprint density at radius 2 is 0.986 bits per heavy atom. The molecule has 19 nitrogen and oxygen atoms in total. The minimum Gasteiger partial charge on any atom is -0.481 e. The van der Waals surface area contributed by atoms with Crippen LogP contribution in [-0.4, -0.2) is 148 Å². The number of hydrogen-bond acceptors (Lipinski definition) is 15. The molecular weight excluding hydrogens is 933 g/mol. The molecule has 1 heterocycles. The Balaban J connectivity index is -0.00000128. The van der Waals surface area contributed by atoms with Gasteiger partial charge in [0.2, 0.25) is 11.8 Å². The van der Waals surface area contributed by atoms with Crippen LogP contribution in [-0.2, 0) is 61.9 Å². The van der Waals surface area contributed by atoms with Crippen LogP contribution in [0.15, 0.2) is 36.5 Å². The van der Waals surface area contributed by atoms with Crippen molar-refractivity contribution in [2.45, 2.75) is 183 Å². The van der Waals surface area contributed by atoms with Gasteiger partial charge in [0.1, 0.15) is 0 Å². The molecule has 0 aromatic carbocycles. The van der Waals surface area contributed by atoms with Gasteiger partial charge in [-0.15, -0.1) is 0 Å². The quantitative estimate of drug-likeness (QED) is 0.0161. The molecule has 0 aromatic rings. The number of nitrogens with one attached hydrogen (secondary N) is 2. The van der Waals surface area contributed by atoms with E-state index in [4.69, 9.17) is 39.9 Å². The first kappa shape index (κ1) is 72.2. The highest BCUT2D eigenvalue weighted by Crippen LogP contribution is 2.20. The third-order valence-electron chi connectivity index (χ3n) is 9.93. The van der Waals surface area contributed by atoms with E-state index in [0.29, 0.717) is 72.1 Å². The summed E-state index contributed by atoms with van der Waals surface area (Å²) in [5.74, 6) is -5.13. The Labute approximate surface area is 432 Å². The number of carboxylic acid groups (broad SMARTS) is 2. The number of rotatable bonds is 40. The Morgan fingerprint density at radius 3 is 1.38 bits per heavy atom. The first-order chi connectivity index (χ1) is 33.7. The van der Waals surface area contributed by atoms with E-state index in [1.165, 1.54) is 0 Å². The lowest BCUT2D eigenvalue weighted by molar-refractivity contribution is -0.153. The second-order valence-corrected chi connectivity index (χ2v) is 18.1. The van der Waals surface area contributed by atoms with Gasteiger partial charge in [-0.1, -0.05) is 83.9 Å². The number of esters is 2. The summed E-state index contributed by atoms with van der Waals surface area (Å²) in [5.41, 5.74) is 11.1. The van der Waals surface area contributed by atoms with Gasteiger partial charge < -0.3 is 65.5 Å². The smallest absolute Gasteiger partial charge is 0.317 e. The predicted molar refractivity (Wildman–Crippen MR) is 280 cm³/mol. The van der Waals surface area contributed by atoms with E-state index in [-0.39, 0.29) is 106 Å². The van der Waals surface area contributed by atoms with Crippen molar-refractivity contribution < 1.29 is 72.1 Å². The minimum absolute atomic E-state index is 0. The van der Waals surface area contributed by atoms with Crippen LogP contribution >= 0.6 is 0 Å². The molecule has 0 aliphatic carbocycles. The van der Waals surface area contributed by atoms with E-state index in [2.05, 4.69) is 22.3 Å². The Hall–Kier alpha value is -4.08. The van der Waals surface area contributed by atoms with Crippen LogP contribution < -0.4 is 22.1 Å². The predicted octanol–water partition coefficient (Wildman–Crippen LogP) is 6.69. The molecule has 1 saturated heterocycles. The SMILES string of the molecule is C.CC(N)COCCOC(C)COCC(C)N.CCC/C=C/CC(CC(=O)NC(C)COCCOC(C)COCC(C)NC(=O)CC(C/C=C/CCC)C(=O)O)C(=O)O.CCC/C=C/CC1CC(=O)OC1=O. The first-order valence-corrected chi connectivity index (χ1v) is 25.5. The molecule has 72 heavy (non-hydrogen) atoms. The van der Waals surface area contributed by atoms with Crippen molar-refractivity contribution in [3.8, 4) is 0 Å². The van der Waals surface area contributed by atoms with E-state index in [0.717, 1.165) is 38.5 Å². The van der Waals surface area contributed by atoms with Crippen LogP contribution in [0.25, 0.3) is 0 Å². The zero-order valence-corrected chi connectivity index (χ0v) is 44.6. The number of cyclic esters (lactones) is 2. The number of unbranched alkanes of at least 4 members (excludes halogenated alkanes) is 3. The number of allylic oxidation sites excluding steroid dienone is 6. The molecule has 9 unspecified atom stereocenters. The highest BCUT2D eigenvalue weighted by Gasteiger charge is 2.32. The molecule has 1 aliphatic heterocycles. The van der Waals surface area contributed by atoms with E-state index >= 15 is 0 Å². The molecule has 420 valence electrons. The molecule has 0 bridgehead atoms. The van der Waals surface area contributed by atoms with E-state index in [9.17, 15) is 39.0 Å². The molecule has 8 N–H and O–H groups in total. The molecule has 1 fully saturated rings. The third kappa shape index (κ3) is 45.8. The van der Waals surface area contributed by atoms with Crippen molar-refractivity contribution in [1.29, 1.82) is 0 Å². The summed E-state index contributed by atoms with van der Waals surface area (Å²) in [7, 11) is 0. The lowest BCUT2D eigenvalue weighted by Gasteiger charge is -2.19. The van der Waals surface area contributed by atoms with E-state index in [1.54, 1.807) is 13.8 Å². The van der Waals surface area contributed by atoms with Crippen molar-refractivity contribution in [1.82, 2.24) is 10.6 Å². The highest BCUT2D eigenvalue weighted by atomic mass is 16.6. The second kappa shape index (κ2) is 47.9. The largest absolute Gasteiger partial charge is 0.481 e. The molecule has 9 atom stereocenters. The van der Waals surface area contributed by atoms with Crippen LogP contribution in [0.4, 0.5) is 0 Å². The normalized spacial score (nSPS) is 16.8. The Bertz CT molecular complexity index is 1510. The molecular formula is C53H98N4O15. The number of aliphatic carboxylic acids is 2. The fourth-order valence-electron chi connectivity index (χ4n) is 6.15. The van der Waals surface area contributed by atoms with Gasteiger partial charge >= 0.3 is 23.9 Å². The number of carbonyl (C=O) groups is 6. The van der Waals surface area contributed by atoms with Crippen LogP contribution in [0.5, 0.6) is 0 Å². The van der Waals surface area contributed by atoms with Crippen LogP contribution in [0.3, 0.4) is 0 Å². The summed E-state index contributed by atoms with van der Waals surface area (Å²) in [5, 5.41) is 24.3. The fraction of sp³-hybridized carbons (Fsp3) is 0.774. The van der Waals surface area contributed by atoms with Gasteiger partial charge in [-0.05, 0) is 80.1 Å². The fourth-order valence-corrected chi connectivity index (χ4v) is 6.15. The summed E-state index contributed by atoms with van der Waals surface area (Å²) in [6, 6.07) is -0.408. The van der Waals surface area contributed by atoms with Crippen molar-refractivity contribution in [2.75, 3.05) is 66.1 Å². The number of ether oxygens (including phenoxy) is 7. The summed E-state index contributed by atoms with van der Waals surface area (Å²) in [6.45, 7) is 21.7. The van der Waals surface area contributed by atoms with Crippen molar-refractivity contribution >= 4 is 35.7 Å². The Morgan fingerprint density at radius 1 is 0.597 bits per heavy atom. The topological polar surface area (TPSA) is 284 Å². The maximum absolute atomic E-state index is 12.3. The van der Waals surface area contributed by atoms with Crippen LogP contribution in [0.1, 0.15) is 147 Å². The van der Waals surface area contributed by atoms with Crippen molar-refractivity contribution in [2.24, 2.45) is 29.2 Å². The zero-order chi connectivity index (χ0) is 53.8. The van der Waals surface area contributed by atoms with Gasteiger partial charge in [0.05, 0.1) is 102 Å². The van der Waals surface area contributed by atoms with Gasteiger partial charge in [0.15, 0.2) is 0 Å². The number of carbonyl (C=O) groups excluding carboxylic acids is 4. The average Bonchev–Trinajstić information content (AvgIpc) is 3.62. The molecule has 1 rings (SSSR count). The summed E-state index contributed by atoms with van der Waals surface area (Å²) in [4.78, 5) is 69.0. The molecule has 0 spiro atoms. The van der Waals surface area contributed by atoms with Gasteiger partial charge in [-0.2, -0.15) is 0 Å². The number of amides is 2. The highest BCUT2D eigenvalue weighted by molar-refractivity contribution is 5.94. The zero-order valence-electron chi connectivity index (χ0n) is 44.6. The van der Waals surface area contributed by atoms with Gasteiger partial charge in [-0.3, -0.25) is 28.8 Å². The van der Waals surface area contributed by atoms with Crippen molar-refractivity contribution in [3.63, 3.8) is 0 Å². The number of hydrogen-bond donors (Lipinski definition) is 6. The minimum atomic E-state index is -0.986. The number of carboxylic acids is 2. The van der Waals surface area contributed by atoms with Crippen LogP contribution in [0, 0.1) is 17.8 Å². The van der Waals surface area contributed by atoms with Crippen molar-refractivity contribution in [3.05, 3.63) is 36.5 Å². The molecule has 19 heteroatoms. The molecule has 1 aliphatic rings. The summed E-state index contributed by atoms with van der Waals surface area (Å²) in [6.07, 6.45) is 18.6. The summed E-state index contributed by atoms with van der Waals surface area (Å²) >= 11 is 0. The van der Waals surface area contributed by atoms with E-state index < -0.39 is 23.8 Å². The average molecular weight is 1030 g/mol. The maximum atomic E-state index is 12.3. The molecule has 0 radical (unpaired) electrons. The molecule has 2 amide bonds. The van der Waals surface area contributed by atoms with Crippen LogP contribution in [0.2, 0.25) is 0 Å². The lowest BCUT2D eigenvalue weighted by atomic mass is 10.0. The first-order valence-electron chi connectivity index (χ1n) is 25.5. The van der Waals surface area contributed by atoms with Gasteiger partial charge in [0.25, 0.3) is 0 Å². The lowest BCUT2D eigenvalue weighted by Crippen LogP contribution is -2.38. The standard InChI is InChI=1S/C31H54N2O9.C11H26N2O3.C10H14O3.CH4/c1-6-8-10-12-14-26(30(36)37)18-28(34)32-23(3)20-40-16-17-42-25(5)22-41-21-24(4)33-29(35)19-27(31(38)39)15-13-11-9-7-2;1-9(12)6-14-4-5-16-11(3)8-15-7-10(2)13;1-2-3-4-5-6-8-7-9(11)13-10(8)12;/h10-13,23-27H,6-9,14-22H2,1-5H3,(H,32,34)(H,33,35)(H,36,37)(H,38,39);9-11H,4-8,12-13H2,1-3H3;4-5,8H,2-3,6-7H2,1H3;1H4/b12-10+,13-11+;;5-4+;. The Kier molecular flexibility index (Phi) is 48.0. The summed E-state index contributed by atoms with van der Waals surface area (Å²) < 4.78 is 37.4. The van der Waals surface area contributed by atoms with E-state index in [1.807, 2.05) is 78.0 Å². The van der Waals surface area contributed by atoms with Gasteiger partial charge in [0, 0.05) is 37.0 Å². The maximum Gasteiger partial charge on any atom is 0.317 e. The second-order valence-electron chi connectivity index (χ2n) is 18.1. The van der Waals surface area contributed by atoms with Gasteiger partial charge in [-0.25, -0.2) is 0 Å².